The van der Waals surface area contributed by atoms with Gasteiger partial charge in [0.1, 0.15) is 5.82 Å². The van der Waals surface area contributed by atoms with E-state index in [1.807, 2.05) is 6.20 Å². The zero-order valence-electron chi connectivity index (χ0n) is 13.3. The summed E-state index contributed by atoms with van der Waals surface area (Å²) in [6.45, 7) is 8.22. The van der Waals surface area contributed by atoms with Crippen LogP contribution in [0.4, 0.5) is 0 Å². The summed E-state index contributed by atoms with van der Waals surface area (Å²) in [6.07, 6.45) is 8.23. The van der Waals surface area contributed by atoms with Crippen LogP contribution in [0.5, 0.6) is 0 Å². The monoisotopic (exact) mass is 292 g/mol. The molecule has 2 rings (SSSR count). The summed E-state index contributed by atoms with van der Waals surface area (Å²) in [5.74, 6) is 1.61. The summed E-state index contributed by atoms with van der Waals surface area (Å²) < 4.78 is 2.27. The van der Waals surface area contributed by atoms with Crippen molar-refractivity contribution in [2.45, 2.75) is 52.0 Å². The van der Waals surface area contributed by atoms with Crippen molar-refractivity contribution in [2.24, 2.45) is 11.7 Å². The van der Waals surface area contributed by atoms with Gasteiger partial charge in [0, 0.05) is 37.9 Å². The van der Waals surface area contributed by atoms with Crippen molar-refractivity contribution in [1.29, 1.82) is 0 Å². The lowest BCUT2D eigenvalue weighted by Gasteiger charge is -2.31. The van der Waals surface area contributed by atoms with Crippen molar-refractivity contribution >= 4 is 5.91 Å². The van der Waals surface area contributed by atoms with Crippen molar-refractivity contribution in [2.75, 3.05) is 19.6 Å². The average Bonchev–Trinajstić information content (AvgIpc) is 2.95. The highest BCUT2D eigenvalue weighted by Crippen LogP contribution is 2.21. The minimum Gasteiger partial charge on any atom is -0.369 e. The minimum absolute atomic E-state index is 0.0278. The average molecular weight is 292 g/mol. The largest absolute Gasteiger partial charge is 0.369 e. The molecule has 1 aliphatic heterocycles. The van der Waals surface area contributed by atoms with Gasteiger partial charge in [-0.2, -0.15) is 0 Å². The zero-order chi connectivity index (χ0) is 15.2. The van der Waals surface area contributed by atoms with Gasteiger partial charge in [0.2, 0.25) is 5.91 Å². The predicted molar refractivity (Wildman–Crippen MR) is 83.9 cm³/mol. The Hall–Kier alpha value is -1.36. The summed E-state index contributed by atoms with van der Waals surface area (Å²) in [4.78, 5) is 18.2. The standard InChI is InChI=1S/C16H28N4O/c1-3-13(4-2)16-18-7-9-20(16)11-10-19-8-5-6-14(12-19)15(17)21/h7,9,13-14H,3-6,8,10-12H2,1-2H3,(H2,17,21). The van der Waals surface area contributed by atoms with Gasteiger partial charge in [-0.3, -0.25) is 4.79 Å². The van der Waals surface area contributed by atoms with E-state index < -0.39 is 0 Å². The first-order valence-electron chi connectivity index (χ1n) is 8.18. The molecule has 0 radical (unpaired) electrons. The minimum atomic E-state index is -0.153. The van der Waals surface area contributed by atoms with E-state index in [0.29, 0.717) is 5.92 Å². The second kappa shape index (κ2) is 7.59. The Labute approximate surface area is 127 Å². The van der Waals surface area contributed by atoms with E-state index in [-0.39, 0.29) is 11.8 Å². The van der Waals surface area contributed by atoms with Crippen molar-refractivity contribution in [3.05, 3.63) is 18.2 Å². The molecule has 0 bridgehead atoms. The third-order valence-corrected chi connectivity index (χ3v) is 4.66. The lowest BCUT2D eigenvalue weighted by molar-refractivity contribution is -0.123. The van der Waals surface area contributed by atoms with Crippen LogP contribution in [0.1, 0.15) is 51.3 Å². The van der Waals surface area contributed by atoms with Crippen molar-refractivity contribution in [1.82, 2.24) is 14.5 Å². The van der Waals surface area contributed by atoms with Gasteiger partial charge >= 0.3 is 0 Å². The number of primary amides is 1. The second-order valence-corrected chi connectivity index (χ2v) is 6.03. The lowest BCUT2D eigenvalue weighted by atomic mass is 9.97. The number of carbonyl (C=O) groups excluding carboxylic acids is 1. The number of nitrogens with two attached hydrogens (primary N) is 1. The third-order valence-electron chi connectivity index (χ3n) is 4.66. The highest BCUT2D eigenvalue weighted by Gasteiger charge is 2.23. The van der Waals surface area contributed by atoms with Crippen LogP contribution >= 0.6 is 0 Å². The van der Waals surface area contributed by atoms with E-state index in [4.69, 9.17) is 5.73 Å². The van der Waals surface area contributed by atoms with Crippen LogP contribution in [0.3, 0.4) is 0 Å². The maximum atomic E-state index is 11.3. The number of hydrogen-bond acceptors (Lipinski definition) is 3. The fraction of sp³-hybridized carbons (Fsp3) is 0.750. The van der Waals surface area contributed by atoms with Crippen LogP contribution in [0.25, 0.3) is 0 Å². The number of hydrogen-bond donors (Lipinski definition) is 1. The summed E-state index contributed by atoms with van der Waals surface area (Å²) in [5.41, 5.74) is 5.44. The Kier molecular flexibility index (Phi) is 5.79. The first kappa shape index (κ1) is 16.0. The molecule has 1 aliphatic rings. The molecular formula is C16H28N4O. The van der Waals surface area contributed by atoms with E-state index in [0.717, 1.165) is 51.9 Å². The molecule has 118 valence electrons. The van der Waals surface area contributed by atoms with Gasteiger partial charge in [-0.1, -0.05) is 13.8 Å². The number of amides is 1. The molecule has 0 spiro atoms. The van der Waals surface area contributed by atoms with Gasteiger partial charge in [-0.15, -0.1) is 0 Å². The first-order chi connectivity index (χ1) is 10.2. The number of rotatable bonds is 7. The predicted octanol–water partition coefficient (Wildman–Crippen LogP) is 1.98. The Morgan fingerprint density at radius 2 is 2.19 bits per heavy atom. The Morgan fingerprint density at radius 3 is 2.86 bits per heavy atom. The highest BCUT2D eigenvalue weighted by atomic mass is 16.1. The normalized spacial score (nSPS) is 20.0. The van der Waals surface area contributed by atoms with Gasteiger partial charge in [0.25, 0.3) is 0 Å². The maximum Gasteiger partial charge on any atom is 0.221 e. The van der Waals surface area contributed by atoms with Gasteiger partial charge in [0.15, 0.2) is 0 Å². The quantitative estimate of drug-likeness (QED) is 0.836. The van der Waals surface area contributed by atoms with Gasteiger partial charge < -0.3 is 15.2 Å². The molecule has 21 heavy (non-hydrogen) atoms. The molecule has 1 atom stereocenters. The molecule has 2 heterocycles. The maximum absolute atomic E-state index is 11.3. The number of imidazole rings is 1. The van der Waals surface area contributed by atoms with Crippen molar-refractivity contribution in [3.63, 3.8) is 0 Å². The lowest BCUT2D eigenvalue weighted by Crippen LogP contribution is -2.42. The number of carbonyl (C=O) groups is 1. The SMILES string of the molecule is CCC(CC)c1nccn1CCN1CCCC(C(N)=O)C1. The Morgan fingerprint density at radius 1 is 1.43 bits per heavy atom. The van der Waals surface area contributed by atoms with Gasteiger partial charge in [-0.25, -0.2) is 4.98 Å². The molecule has 5 heteroatoms. The second-order valence-electron chi connectivity index (χ2n) is 6.03. The zero-order valence-corrected chi connectivity index (χ0v) is 13.3. The molecular weight excluding hydrogens is 264 g/mol. The summed E-state index contributed by atoms with van der Waals surface area (Å²) in [6, 6.07) is 0. The van der Waals surface area contributed by atoms with E-state index in [1.54, 1.807) is 0 Å². The van der Waals surface area contributed by atoms with Gasteiger partial charge in [0.05, 0.1) is 5.92 Å². The summed E-state index contributed by atoms with van der Waals surface area (Å²) in [7, 11) is 0. The number of aromatic nitrogens is 2. The van der Waals surface area contributed by atoms with Crippen LogP contribution in [0.2, 0.25) is 0 Å². The van der Waals surface area contributed by atoms with E-state index in [2.05, 4.69) is 34.5 Å². The van der Waals surface area contributed by atoms with Crippen LogP contribution in [0, 0.1) is 5.92 Å². The van der Waals surface area contributed by atoms with Gasteiger partial charge in [-0.05, 0) is 32.2 Å². The van der Waals surface area contributed by atoms with Crippen LogP contribution in [-0.2, 0) is 11.3 Å². The number of nitrogens with zero attached hydrogens (tertiary/aromatic N) is 3. The molecule has 1 aromatic heterocycles. The molecule has 0 aromatic carbocycles. The Bertz CT molecular complexity index is 453. The van der Waals surface area contributed by atoms with Crippen molar-refractivity contribution < 1.29 is 4.79 Å². The fourth-order valence-electron chi connectivity index (χ4n) is 3.26. The van der Waals surface area contributed by atoms with Crippen LogP contribution < -0.4 is 5.73 Å². The molecule has 1 fully saturated rings. The molecule has 1 aromatic rings. The smallest absolute Gasteiger partial charge is 0.221 e. The third kappa shape index (κ3) is 4.06. The molecule has 0 aliphatic carbocycles. The van der Waals surface area contributed by atoms with Crippen LogP contribution in [0.15, 0.2) is 12.4 Å². The molecule has 1 amide bonds. The first-order valence-corrected chi connectivity index (χ1v) is 8.18. The summed E-state index contributed by atoms with van der Waals surface area (Å²) in [5, 5.41) is 0. The van der Waals surface area contributed by atoms with E-state index in [1.165, 1.54) is 5.82 Å². The molecule has 1 unspecified atom stereocenters. The van der Waals surface area contributed by atoms with Crippen LogP contribution in [-0.4, -0.2) is 40.0 Å². The Balaban J connectivity index is 1.91. The molecule has 1 saturated heterocycles. The highest BCUT2D eigenvalue weighted by molar-refractivity contribution is 5.76. The molecule has 2 N–H and O–H groups in total. The topological polar surface area (TPSA) is 64.2 Å². The molecule has 0 saturated carbocycles. The number of likely N-dealkylation sites (tertiary alicyclic amines) is 1. The summed E-state index contributed by atoms with van der Waals surface area (Å²) >= 11 is 0. The van der Waals surface area contributed by atoms with E-state index >= 15 is 0 Å². The molecule has 5 nitrogen and oxygen atoms in total. The fourth-order valence-corrected chi connectivity index (χ4v) is 3.26. The van der Waals surface area contributed by atoms with Crippen molar-refractivity contribution in [3.8, 4) is 0 Å². The van der Waals surface area contributed by atoms with E-state index in [9.17, 15) is 4.79 Å². The number of piperidine rings is 1.